The molecule has 1 heterocycles. The van der Waals surface area contributed by atoms with E-state index < -0.39 is 0 Å². The SMILES string of the molecule is O=C/C(=N\O)c1cscn1. The lowest BCUT2D eigenvalue weighted by Crippen LogP contribution is -2.01. The first-order valence-electron chi connectivity index (χ1n) is 2.44. The van der Waals surface area contributed by atoms with Crippen LogP contribution in [0.4, 0.5) is 0 Å². The molecular formula is C5H4N2O2S. The van der Waals surface area contributed by atoms with Gasteiger partial charge in [-0.1, -0.05) is 5.16 Å². The van der Waals surface area contributed by atoms with Gasteiger partial charge in [-0.3, -0.25) is 4.79 Å². The molecule has 0 aromatic carbocycles. The summed E-state index contributed by atoms with van der Waals surface area (Å²) in [5.74, 6) is 0. The highest BCUT2D eigenvalue weighted by Gasteiger charge is 2.02. The second-order valence-corrected chi connectivity index (χ2v) is 2.20. The molecule has 0 aliphatic carbocycles. The Morgan fingerprint density at radius 2 is 2.70 bits per heavy atom. The Morgan fingerprint density at radius 3 is 3.10 bits per heavy atom. The minimum Gasteiger partial charge on any atom is -0.410 e. The minimum absolute atomic E-state index is 0.0405. The van der Waals surface area contributed by atoms with E-state index in [9.17, 15) is 4.79 Å². The Hall–Kier alpha value is -1.23. The molecule has 0 bridgehead atoms. The van der Waals surface area contributed by atoms with Gasteiger partial charge in [0.1, 0.15) is 5.69 Å². The van der Waals surface area contributed by atoms with Gasteiger partial charge >= 0.3 is 0 Å². The molecule has 4 nitrogen and oxygen atoms in total. The van der Waals surface area contributed by atoms with Crippen LogP contribution in [0, 0.1) is 0 Å². The van der Waals surface area contributed by atoms with Crippen LogP contribution >= 0.6 is 11.3 Å². The summed E-state index contributed by atoms with van der Waals surface area (Å²) in [7, 11) is 0. The minimum atomic E-state index is -0.0405. The third kappa shape index (κ3) is 1.19. The van der Waals surface area contributed by atoms with E-state index >= 15 is 0 Å². The lowest BCUT2D eigenvalue weighted by atomic mass is 10.3. The fourth-order valence-electron chi connectivity index (χ4n) is 0.474. The summed E-state index contributed by atoms with van der Waals surface area (Å²) in [6.07, 6.45) is 0.453. The summed E-state index contributed by atoms with van der Waals surface area (Å²) in [5.41, 5.74) is 1.92. The number of carbonyl (C=O) groups is 1. The Labute approximate surface area is 60.8 Å². The molecule has 1 aromatic rings. The van der Waals surface area contributed by atoms with E-state index in [1.807, 2.05) is 0 Å². The molecule has 0 saturated carbocycles. The molecule has 5 heteroatoms. The zero-order valence-electron chi connectivity index (χ0n) is 4.89. The second-order valence-electron chi connectivity index (χ2n) is 1.48. The molecule has 0 amide bonds. The third-order valence-electron chi connectivity index (χ3n) is 0.914. The highest BCUT2D eigenvalue weighted by atomic mass is 32.1. The molecule has 0 saturated heterocycles. The first-order valence-corrected chi connectivity index (χ1v) is 3.38. The van der Waals surface area contributed by atoms with Gasteiger partial charge in [0.2, 0.25) is 0 Å². The fraction of sp³-hybridized carbons (Fsp3) is 0. The van der Waals surface area contributed by atoms with E-state index in [0.717, 1.165) is 0 Å². The van der Waals surface area contributed by atoms with Crippen LogP contribution in [0.5, 0.6) is 0 Å². The van der Waals surface area contributed by atoms with Gasteiger partial charge in [-0.05, 0) is 0 Å². The van der Waals surface area contributed by atoms with Crippen molar-refractivity contribution in [1.29, 1.82) is 0 Å². The number of aldehydes is 1. The molecule has 10 heavy (non-hydrogen) atoms. The van der Waals surface area contributed by atoms with Crippen molar-refractivity contribution in [2.45, 2.75) is 0 Å². The van der Waals surface area contributed by atoms with Crippen molar-refractivity contribution in [3.63, 3.8) is 0 Å². The third-order valence-corrected chi connectivity index (χ3v) is 1.50. The van der Waals surface area contributed by atoms with Gasteiger partial charge < -0.3 is 5.21 Å². The first kappa shape index (κ1) is 6.88. The van der Waals surface area contributed by atoms with E-state index in [-0.39, 0.29) is 5.71 Å². The zero-order valence-corrected chi connectivity index (χ0v) is 5.71. The van der Waals surface area contributed by atoms with Crippen LogP contribution in [-0.4, -0.2) is 22.2 Å². The van der Waals surface area contributed by atoms with Crippen LogP contribution in [0.1, 0.15) is 5.69 Å². The van der Waals surface area contributed by atoms with Crippen LogP contribution in [0.25, 0.3) is 0 Å². The average molecular weight is 156 g/mol. The van der Waals surface area contributed by atoms with Gasteiger partial charge in [0.25, 0.3) is 0 Å². The van der Waals surface area contributed by atoms with Crippen molar-refractivity contribution in [2.75, 3.05) is 0 Å². The lowest BCUT2D eigenvalue weighted by Gasteiger charge is -1.84. The molecule has 0 spiro atoms. The van der Waals surface area contributed by atoms with Gasteiger partial charge in [-0.2, -0.15) is 0 Å². The number of thiazole rings is 1. The van der Waals surface area contributed by atoms with E-state index in [1.165, 1.54) is 11.3 Å². The normalized spacial score (nSPS) is 11.4. The number of hydrogen-bond acceptors (Lipinski definition) is 5. The van der Waals surface area contributed by atoms with Crippen molar-refractivity contribution in [2.24, 2.45) is 5.16 Å². The quantitative estimate of drug-likeness (QED) is 0.294. The molecule has 0 aliphatic rings. The summed E-state index contributed by atoms with van der Waals surface area (Å²) in [4.78, 5) is 13.9. The van der Waals surface area contributed by atoms with Crippen LogP contribution < -0.4 is 0 Å². The number of aromatic nitrogens is 1. The maximum Gasteiger partial charge on any atom is 0.174 e. The highest BCUT2D eigenvalue weighted by Crippen LogP contribution is 2.00. The number of carbonyl (C=O) groups excluding carboxylic acids is 1. The molecule has 0 atom stereocenters. The van der Waals surface area contributed by atoms with E-state index in [2.05, 4.69) is 10.1 Å². The van der Waals surface area contributed by atoms with Crippen LogP contribution in [0.15, 0.2) is 16.0 Å². The van der Waals surface area contributed by atoms with Crippen LogP contribution in [0.2, 0.25) is 0 Å². The Morgan fingerprint density at radius 1 is 1.90 bits per heavy atom. The maximum atomic E-state index is 10.1. The first-order chi connectivity index (χ1) is 4.88. The molecule has 0 unspecified atom stereocenters. The van der Waals surface area contributed by atoms with Gasteiger partial charge in [-0.15, -0.1) is 11.3 Å². The second kappa shape index (κ2) is 3.07. The van der Waals surface area contributed by atoms with Crippen molar-refractivity contribution in [3.8, 4) is 0 Å². The number of hydrogen-bond donors (Lipinski definition) is 1. The summed E-state index contributed by atoms with van der Waals surface area (Å²) in [6, 6.07) is 0. The van der Waals surface area contributed by atoms with Gasteiger partial charge in [0.15, 0.2) is 12.0 Å². The molecule has 0 radical (unpaired) electrons. The zero-order chi connectivity index (χ0) is 7.40. The largest absolute Gasteiger partial charge is 0.410 e. The van der Waals surface area contributed by atoms with Gasteiger partial charge in [-0.25, -0.2) is 4.98 Å². The Balaban J connectivity index is 2.95. The monoisotopic (exact) mass is 156 g/mol. The summed E-state index contributed by atoms with van der Waals surface area (Å²) in [6.45, 7) is 0. The molecule has 0 fully saturated rings. The summed E-state index contributed by atoms with van der Waals surface area (Å²) >= 11 is 1.34. The lowest BCUT2D eigenvalue weighted by molar-refractivity contribution is -0.102. The number of rotatable bonds is 2. The van der Waals surface area contributed by atoms with Crippen molar-refractivity contribution in [3.05, 3.63) is 16.6 Å². The maximum absolute atomic E-state index is 10.1. The van der Waals surface area contributed by atoms with Crippen molar-refractivity contribution in [1.82, 2.24) is 4.98 Å². The highest BCUT2D eigenvalue weighted by molar-refractivity contribution is 7.07. The fourth-order valence-corrected chi connectivity index (χ4v) is 1.02. The smallest absolute Gasteiger partial charge is 0.174 e. The number of oxime groups is 1. The molecular weight excluding hydrogens is 152 g/mol. The molecule has 1 rings (SSSR count). The average Bonchev–Trinajstić information content (AvgIpc) is 2.43. The Kier molecular flexibility index (Phi) is 2.11. The predicted octanol–water partition coefficient (Wildman–Crippen LogP) is 0.520. The van der Waals surface area contributed by atoms with E-state index in [1.54, 1.807) is 10.9 Å². The van der Waals surface area contributed by atoms with E-state index in [4.69, 9.17) is 5.21 Å². The van der Waals surface area contributed by atoms with Crippen LogP contribution in [-0.2, 0) is 4.79 Å². The van der Waals surface area contributed by atoms with Crippen molar-refractivity contribution >= 4 is 23.3 Å². The predicted molar refractivity (Wildman–Crippen MR) is 36.5 cm³/mol. The summed E-state index contributed by atoms with van der Waals surface area (Å²) < 4.78 is 0. The Bertz CT molecular complexity index is 242. The molecule has 0 aliphatic heterocycles. The van der Waals surface area contributed by atoms with Gasteiger partial charge in [0.05, 0.1) is 5.51 Å². The summed E-state index contributed by atoms with van der Waals surface area (Å²) in [5, 5.41) is 12.6. The molecule has 1 aromatic heterocycles. The van der Waals surface area contributed by atoms with E-state index in [0.29, 0.717) is 12.0 Å². The molecule has 52 valence electrons. The van der Waals surface area contributed by atoms with Crippen LogP contribution in [0.3, 0.4) is 0 Å². The topological polar surface area (TPSA) is 62.5 Å². The van der Waals surface area contributed by atoms with Crippen molar-refractivity contribution < 1.29 is 10.0 Å². The standard InChI is InChI=1S/C5H4N2O2S/c8-1-4(7-9)5-2-10-3-6-5/h1-3,9H/b7-4+. The molecule has 1 N–H and O–H groups in total. The van der Waals surface area contributed by atoms with Gasteiger partial charge in [0, 0.05) is 5.38 Å². The number of nitrogens with zero attached hydrogens (tertiary/aromatic N) is 2.